The molecule has 2 aliphatic heterocycles. The van der Waals surface area contributed by atoms with Gasteiger partial charge in [0.15, 0.2) is 0 Å². The lowest BCUT2D eigenvalue weighted by atomic mass is 9.98. The van der Waals surface area contributed by atoms with Gasteiger partial charge in [-0.3, -0.25) is 9.69 Å². The van der Waals surface area contributed by atoms with E-state index in [1.54, 1.807) is 0 Å². The third-order valence-electron chi connectivity index (χ3n) is 3.63. The number of nitrogens with two attached hydrogens (primary N) is 1. The normalized spacial score (nSPS) is 33.4. The van der Waals surface area contributed by atoms with Crippen LogP contribution in [0.25, 0.3) is 0 Å². The van der Waals surface area contributed by atoms with E-state index in [0.717, 1.165) is 12.8 Å². The Morgan fingerprint density at radius 3 is 2.62 bits per heavy atom. The number of hydrogen-bond acceptors (Lipinski definition) is 3. The summed E-state index contributed by atoms with van der Waals surface area (Å²) >= 11 is 0. The number of carbonyl (C=O) groups excluding carboxylic acids is 1. The van der Waals surface area contributed by atoms with Gasteiger partial charge in [0.25, 0.3) is 0 Å². The molecule has 0 aliphatic carbocycles. The van der Waals surface area contributed by atoms with Crippen LogP contribution in [-0.2, 0) is 4.79 Å². The molecule has 2 atom stereocenters. The van der Waals surface area contributed by atoms with Gasteiger partial charge in [0.1, 0.15) is 0 Å². The largest absolute Gasteiger partial charge is 0.344 e. The minimum absolute atomic E-state index is 0.0327. The number of rotatable bonds is 3. The van der Waals surface area contributed by atoms with Crippen LogP contribution in [0.5, 0.6) is 0 Å². The molecule has 16 heavy (non-hydrogen) atoms. The second-order valence-corrected chi connectivity index (χ2v) is 4.77. The zero-order valence-corrected chi connectivity index (χ0v) is 9.48. The third-order valence-corrected chi connectivity index (χ3v) is 3.63. The Labute approximate surface area is 96.6 Å². The molecule has 1 amide bonds. The van der Waals surface area contributed by atoms with E-state index in [9.17, 15) is 4.79 Å². The van der Waals surface area contributed by atoms with Gasteiger partial charge >= 0.3 is 0 Å². The first kappa shape index (κ1) is 11.4. The Bertz CT molecular complexity index is 296. The van der Waals surface area contributed by atoms with Crippen molar-refractivity contribution >= 4 is 5.91 Å². The molecule has 3 N–H and O–H groups in total. The van der Waals surface area contributed by atoms with Gasteiger partial charge in [-0.2, -0.15) is 0 Å². The van der Waals surface area contributed by atoms with Crippen LogP contribution < -0.4 is 11.1 Å². The predicted octanol–water partition coefficient (Wildman–Crippen LogP) is -0.310. The number of hydrogen-bond donors (Lipinski definition) is 2. The van der Waals surface area contributed by atoms with Crippen LogP contribution in [0.2, 0.25) is 0 Å². The Kier molecular flexibility index (Phi) is 3.47. The fraction of sp³-hybridized carbons (Fsp3) is 0.750. The average molecular weight is 221 g/mol. The van der Waals surface area contributed by atoms with E-state index in [1.165, 1.54) is 12.8 Å². The lowest BCUT2D eigenvalue weighted by Gasteiger charge is -2.37. The van der Waals surface area contributed by atoms with E-state index in [0.29, 0.717) is 31.2 Å². The highest BCUT2D eigenvalue weighted by Gasteiger charge is 2.40. The number of fused-ring (bicyclic) bond motifs is 2. The number of piperidine rings is 1. The second kappa shape index (κ2) is 4.86. The van der Waals surface area contributed by atoms with Gasteiger partial charge in [0, 0.05) is 18.1 Å². The smallest absolute Gasteiger partial charge is 0.234 e. The van der Waals surface area contributed by atoms with Crippen molar-refractivity contribution in [3.8, 4) is 12.3 Å². The highest BCUT2D eigenvalue weighted by molar-refractivity contribution is 5.78. The third kappa shape index (κ3) is 2.37. The second-order valence-electron chi connectivity index (χ2n) is 4.77. The van der Waals surface area contributed by atoms with E-state index >= 15 is 0 Å². The molecule has 0 aromatic rings. The van der Waals surface area contributed by atoms with Crippen molar-refractivity contribution in [1.82, 2.24) is 10.2 Å². The highest BCUT2D eigenvalue weighted by atomic mass is 16.2. The maximum absolute atomic E-state index is 11.6. The summed E-state index contributed by atoms with van der Waals surface area (Å²) in [5.74, 6) is 2.44. The molecule has 4 nitrogen and oxygen atoms in total. The predicted molar refractivity (Wildman–Crippen MR) is 62.6 cm³/mol. The van der Waals surface area contributed by atoms with E-state index < -0.39 is 0 Å². The van der Waals surface area contributed by atoms with Crippen molar-refractivity contribution in [2.24, 2.45) is 5.73 Å². The summed E-state index contributed by atoms with van der Waals surface area (Å²) in [7, 11) is 0. The molecule has 0 aromatic heterocycles. The van der Waals surface area contributed by atoms with E-state index in [4.69, 9.17) is 12.2 Å². The molecule has 0 radical (unpaired) electrons. The van der Waals surface area contributed by atoms with Crippen molar-refractivity contribution in [2.75, 3.05) is 13.1 Å². The van der Waals surface area contributed by atoms with Crippen LogP contribution in [0.1, 0.15) is 25.7 Å². The number of terminal acetylenes is 1. The number of carbonyl (C=O) groups is 1. The number of nitrogens with one attached hydrogen (secondary N) is 1. The first-order valence-electron chi connectivity index (χ1n) is 5.92. The Hall–Kier alpha value is -1.05. The zero-order chi connectivity index (χ0) is 11.5. The van der Waals surface area contributed by atoms with Gasteiger partial charge in [-0.15, -0.1) is 6.42 Å². The first-order chi connectivity index (χ1) is 7.70. The van der Waals surface area contributed by atoms with Crippen molar-refractivity contribution in [3.63, 3.8) is 0 Å². The van der Waals surface area contributed by atoms with Crippen LogP contribution in [0.3, 0.4) is 0 Å². The lowest BCUT2D eigenvalue weighted by Crippen LogP contribution is -2.50. The summed E-state index contributed by atoms with van der Waals surface area (Å²) in [6.07, 6.45) is 9.52. The molecule has 0 spiro atoms. The fourth-order valence-electron chi connectivity index (χ4n) is 2.95. The molecule has 2 bridgehead atoms. The summed E-state index contributed by atoms with van der Waals surface area (Å²) in [5, 5.41) is 2.71. The van der Waals surface area contributed by atoms with Crippen LogP contribution in [-0.4, -0.2) is 42.0 Å². The Morgan fingerprint density at radius 1 is 1.44 bits per heavy atom. The highest BCUT2D eigenvalue weighted by Crippen LogP contribution is 2.34. The topological polar surface area (TPSA) is 58.4 Å². The molecule has 2 heterocycles. The lowest BCUT2D eigenvalue weighted by molar-refractivity contribution is -0.123. The molecular weight excluding hydrogens is 202 g/mol. The molecule has 2 aliphatic rings. The van der Waals surface area contributed by atoms with Crippen molar-refractivity contribution in [2.45, 2.75) is 43.8 Å². The maximum Gasteiger partial charge on any atom is 0.234 e. The summed E-state index contributed by atoms with van der Waals surface area (Å²) in [6.45, 7) is 0.797. The minimum Gasteiger partial charge on any atom is -0.344 e. The van der Waals surface area contributed by atoms with Gasteiger partial charge in [0.2, 0.25) is 5.91 Å². The van der Waals surface area contributed by atoms with Crippen molar-refractivity contribution < 1.29 is 4.79 Å². The van der Waals surface area contributed by atoms with Crippen molar-refractivity contribution in [3.05, 3.63) is 0 Å². The summed E-state index contributed by atoms with van der Waals surface area (Å²) in [5.41, 5.74) is 5.98. The minimum atomic E-state index is 0.0327. The van der Waals surface area contributed by atoms with E-state index in [2.05, 4.69) is 16.1 Å². The van der Waals surface area contributed by atoms with Crippen LogP contribution in [0, 0.1) is 12.3 Å². The molecule has 2 saturated heterocycles. The maximum atomic E-state index is 11.6. The Balaban J connectivity index is 1.87. The SMILES string of the molecule is C#CCNC(=O)CN1C2CCC1CC(N)C2. The molecule has 0 aromatic carbocycles. The Morgan fingerprint density at radius 2 is 2.06 bits per heavy atom. The monoisotopic (exact) mass is 221 g/mol. The van der Waals surface area contributed by atoms with Gasteiger partial charge in [-0.1, -0.05) is 5.92 Å². The molecule has 88 valence electrons. The number of nitrogens with zero attached hydrogens (tertiary/aromatic N) is 1. The van der Waals surface area contributed by atoms with Crippen molar-refractivity contribution in [1.29, 1.82) is 0 Å². The summed E-state index contributed by atoms with van der Waals surface area (Å²) in [6, 6.07) is 1.33. The standard InChI is InChI=1S/C12H19N3O/c1-2-5-14-12(16)8-15-10-3-4-11(15)7-9(13)6-10/h1,9-11H,3-8,13H2,(H,14,16). The molecule has 2 unspecified atom stereocenters. The average Bonchev–Trinajstić information content (AvgIpc) is 2.50. The summed E-state index contributed by atoms with van der Waals surface area (Å²) < 4.78 is 0. The van der Waals surface area contributed by atoms with Gasteiger partial charge in [-0.25, -0.2) is 0 Å². The molecule has 0 saturated carbocycles. The fourth-order valence-corrected chi connectivity index (χ4v) is 2.95. The van der Waals surface area contributed by atoms with E-state index in [-0.39, 0.29) is 5.91 Å². The molecule has 2 fully saturated rings. The summed E-state index contributed by atoms with van der Waals surface area (Å²) in [4.78, 5) is 13.9. The zero-order valence-electron chi connectivity index (χ0n) is 9.48. The van der Waals surface area contributed by atoms with Crippen LogP contribution in [0.4, 0.5) is 0 Å². The first-order valence-corrected chi connectivity index (χ1v) is 5.92. The van der Waals surface area contributed by atoms with Gasteiger partial charge in [-0.05, 0) is 25.7 Å². The van der Waals surface area contributed by atoms with E-state index in [1.807, 2.05) is 0 Å². The molecular formula is C12H19N3O. The molecule has 4 heteroatoms. The van der Waals surface area contributed by atoms with Crippen LogP contribution in [0.15, 0.2) is 0 Å². The quantitative estimate of drug-likeness (QED) is 0.643. The van der Waals surface area contributed by atoms with Crippen LogP contribution >= 0.6 is 0 Å². The van der Waals surface area contributed by atoms with Gasteiger partial charge < -0.3 is 11.1 Å². The molecule has 2 rings (SSSR count). The van der Waals surface area contributed by atoms with Gasteiger partial charge in [0.05, 0.1) is 13.1 Å². The number of amides is 1.